The number of nitrogens with two attached hydrogens (primary N) is 1. The number of halogens is 1. The number of hydrogen-bond acceptors (Lipinski definition) is 4. The van der Waals surface area contributed by atoms with Crippen molar-refractivity contribution < 1.29 is 4.79 Å². The fourth-order valence-electron chi connectivity index (χ4n) is 1.57. The summed E-state index contributed by atoms with van der Waals surface area (Å²) in [4.78, 5) is 47.9. The third-order valence-electron chi connectivity index (χ3n) is 2.58. The molecule has 0 aromatic carbocycles. The number of aromatic amines is 2. The van der Waals surface area contributed by atoms with Crippen LogP contribution >= 0.6 is 15.9 Å². The summed E-state index contributed by atoms with van der Waals surface area (Å²) >= 11 is 3.15. The number of unbranched alkanes of at least 4 members (excludes halogenated alkanes) is 2. The summed E-state index contributed by atoms with van der Waals surface area (Å²) in [6, 6.07) is 0. The van der Waals surface area contributed by atoms with Crippen LogP contribution < -0.4 is 22.8 Å². The molecular weight excluding hydrogens is 320 g/mol. The summed E-state index contributed by atoms with van der Waals surface area (Å²) in [5.41, 5.74) is 2.84. The first-order valence-corrected chi connectivity index (χ1v) is 6.70. The molecule has 1 unspecified atom stereocenters. The van der Waals surface area contributed by atoms with Gasteiger partial charge in [-0.2, -0.15) is 0 Å². The minimum absolute atomic E-state index is 0.217. The molecule has 0 radical (unpaired) electrons. The molecule has 0 saturated carbocycles. The number of nitrogens with one attached hydrogen (secondary N) is 2. The van der Waals surface area contributed by atoms with Crippen LogP contribution in [0.4, 0.5) is 0 Å². The van der Waals surface area contributed by atoms with Crippen LogP contribution in [0, 0.1) is 0 Å². The lowest BCUT2D eigenvalue weighted by Gasteiger charge is -2.05. The van der Waals surface area contributed by atoms with Crippen molar-refractivity contribution in [2.75, 3.05) is 0 Å². The zero-order chi connectivity index (χ0) is 14.4. The van der Waals surface area contributed by atoms with Crippen LogP contribution in [0.25, 0.3) is 0 Å². The number of H-pyrrole nitrogens is 2. The summed E-state index contributed by atoms with van der Waals surface area (Å²) < 4.78 is 0.932. The fourth-order valence-corrected chi connectivity index (χ4v) is 1.89. The maximum absolute atomic E-state index is 11.3. The first-order valence-electron chi connectivity index (χ1n) is 5.78. The maximum atomic E-state index is 11.3. The maximum Gasteiger partial charge on any atom is 0.333 e. The third-order valence-corrected chi connectivity index (χ3v) is 3.49. The molecule has 1 amide bonds. The SMILES string of the molecule is NC(=O)C(Br)CCCCCn1c(=O)[nH]c(=O)[nH]c1=O. The molecular formula is C10H15BrN4O4. The lowest BCUT2D eigenvalue weighted by Crippen LogP contribution is -2.43. The minimum atomic E-state index is -0.810. The van der Waals surface area contributed by atoms with E-state index in [1.54, 1.807) is 0 Å². The van der Waals surface area contributed by atoms with Crippen LogP contribution in [0.5, 0.6) is 0 Å². The van der Waals surface area contributed by atoms with Crippen molar-refractivity contribution in [3.63, 3.8) is 0 Å². The van der Waals surface area contributed by atoms with Gasteiger partial charge in [-0.15, -0.1) is 0 Å². The number of alkyl halides is 1. The first-order chi connectivity index (χ1) is 8.91. The van der Waals surface area contributed by atoms with E-state index < -0.39 is 23.0 Å². The van der Waals surface area contributed by atoms with Gasteiger partial charge in [0.2, 0.25) is 5.91 Å². The van der Waals surface area contributed by atoms with Crippen LogP contribution in [0.3, 0.4) is 0 Å². The Morgan fingerprint density at radius 2 is 1.74 bits per heavy atom. The number of nitrogens with zero attached hydrogens (tertiary/aromatic N) is 1. The highest BCUT2D eigenvalue weighted by Gasteiger charge is 2.09. The predicted molar refractivity (Wildman–Crippen MR) is 72.3 cm³/mol. The molecule has 0 aliphatic rings. The highest BCUT2D eigenvalue weighted by Crippen LogP contribution is 2.10. The van der Waals surface area contributed by atoms with Gasteiger partial charge in [0.05, 0.1) is 4.83 Å². The predicted octanol–water partition coefficient (Wildman–Crippen LogP) is -0.966. The zero-order valence-electron chi connectivity index (χ0n) is 10.1. The Balaban J connectivity index is 2.43. The Kier molecular flexibility index (Phi) is 5.74. The van der Waals surface area contributed by atoms with Gasteiger partial charge in [-0.25, -0.2) is 19.0 Å². The lowest BCUT2D eigenvalue weighted by atomic mass is 10.1. The number of carbonyl (C=O) groups excluding carboxylic acids is 1. The van der Waals surface area contributed by atoms with Gasteiger partial charge in [-0.3, -0.25) is 14.8 Å². The summed E-state index contributed by atoms with van der Waals surface area (Å²) in [5.74, 6) is -0.409. The third kappa shape index (κ3) is 4.86. The van der Waals surface area contributed by atoms with Crippen molar-refractivity contribution in [2.45, 2.75) is 37.1 Å². The topological polar surface area (TPSA) is 131 Å². The minimum Gasteiger partial charge on any atom is -0.369 e. The molecule has 9 heteroatoms. The van der Waals surface area contributed by atoms with E-state index >= 15 is 0 Å². The second kappa shape index (κ2) is 7.07. The van der Waals surface area contributed by atoms with Crippen LogP contribution in [0.15, 0.2) is 14.4 Å². The summed E-state index contributed by atoms with van der Waals surface area (Å²) in [7, 11) is 0. The van der Waals surface area contributed by atoms with Crippen molar-refractivity contribution in [3.05, 3.63) is 31.5 Å². The Bertz CT molecular complexity index is 568. The number of amides is 1. The van der Waals surface area contributed by atoms with Crippen LogP contribution in [0.2, 0.25) is 0 Å². The van der Waals surface area contributed by atoms with E-state index in [9.17, 15) is 19.2 Å². The van der Waals surface area contributed by atoms with Gasteiger partial charge in [0.15, 0.2) is 0 Å². The Morgan fingerprint density at radius 1 is 1.16 bits per heavy atom. The Morgan fingerprint density at radius 3 is 2.26 bits per heavy atom. The molecule has 1 aromatic heterocycles. The molecule has 19 heavy (non-hydrogen) atoms. The molecule has 4 N–H and O–H groups in total. The van der Waals surface area contributed by atoms with E-state index in [0.717, 1.165) is 17.4 Å². The molecule has 1 rings (SSSR count). The monoisotopic (exact) mass is 334 g/mol. The lowest BCUT2D eigenvalue weighted by molar-refractivity contribution is -0.117. The molecule has 106 valence electrons. The summed E-state index contributed by atoms with van der Waals surface area (Å²) in [6.07, 6.45) is 2.68. The normalized spacial score (nSPS) is 12.3. The van der Waals surface area contributed by atoms with Crippen molar-refractivity contribution in [1.29, 1.82) is 0 Å². The highest BCUT2D eigenvalue weighted by atomic mass is 79.9. The second-order valence-electron chi connectivity index (χ2n) is 4.06. The quantitative estimate of drug-likeness (QED) is 0.437. The first kappa shape index (κ1) is 15.4. The molecule has 1 heterocycles. The van der Waals surface area contributed by atoms with Crippen LogP contribution in [-0.2, 0) is 11.3 Å². The number of carbonyl (C=O) groups is 1. The smallest absolute Gasteiger partial charge is 0.333 e. The molecule has 0 saturated heterocycles. The fraction of sp³-hybridized carbons (Fsp3) is 0.600. The number of aromatic nitrogens is 3. The second-order valence-corrected chi connectivity index (χ2v) is 5.17. The molecule has 0 aliphatic heterocycles. The standard InChI is InChI=1S/C10H15BrN4O4/c11-6(7(12)16)4-2-1-3-5-15-9(18)13-8(17)14-10(15)19/h6H,1-5H2,(H2,12,16)(H2,13,14,17,18,19). The average molecular weight is 335 g/mol. The van der Waals surface area contributed by atoms with Gasteiger partial charge in [-0.05, 0) is 12.8 Å². The summed E-state index contributed by atoms with van der Waals surface area (Å²) in [5, 5.41) is 0. The van der Waals surface area contributed by atoms with Gasteiger partial charge in [0.1, 0.15) is 0 Å². The number of primary amides is 1. The average Bonchev–Trinajstić information content (AvgIpc) is 2.30. The van der Waals surface area contributed by atoms with Gasteiger partial charge in [0, 0.05) is 6.54 Å². The Labute approximate surface area is 116 Å². The van der Waals surface area contributed by atoms with E-state index in [2.05, 4.69) is 15.9 Å². The van der Waals surface area contributed by atoms with Gasteiger partial charge in [0.25, 0.3) is 0 Å². The van der Waals surface area contributed by atoms with Gasteiger partial charge in [-0.1, -0.05) is 28.8 Å². The van der Waals surface area contributed by atoms with E-state index in [1.165, 1.54) is 0 Å². The number of rotatable bonds is 7. The largest absolute Gasteiger partial charge is 0.369 e. The zero-order valence-corrected chi connectivity index (χ0v) is 11.7. The van der Waals surface area contributed by atoms with Crippen molar-refractivity contribution in [1.82, 2.24) is 14.5 Å². The molecule has 0 aliphatic carbocycles. The van der Waals surface area contributed by atoms with E-state index in [1.807, 2.05) is 9.97 Å². The molecule has 1 aromatic rings. The van der Waals surface area contributed by atoms with Gasteiger partial charge >= 0.3 is 17.1 Å². The molecule has 0 spiro atoms. The van der Waals surface area contributed by atoms with Crippen LogP contribution in [-0.4, -0.2) is 25.3 Å². The molecule has 0 bridgehead atoms. The molecule has 0 fully saturated rings. The van der Waals surface area contributed by atoms with E-state index in [4.69, 9.17) is 5.73 Å². The van der Waals surface area contributed by atoms with Crippen LogP contribution in [0.1, 0.15) is 25.7 Å². The number of hydrogen-bond donors (Lipinski definition) is 3. The van der Waals surface area contributed by atoms with Gasteiger partial charge < -0.3 is 5.73 Å². The molecule has 8 nitrogen and oxygen atoms in total. The highest BCUT2D eigenvalue weighted by molar-refractivity contribution is 9.10. The van der Waals surface area contributed by atoms with Crippen molar-refractivity contribution >= 4 is 21.8 Å². The molecule has 1 atom stereocenters. The Hall–Kier alpha value is -1.64. The summed E-state index contributed by atoms with van der Waals surface area (Å²) in [6.45, 7) is 0.217. The van der Waals surface area contributed by atoms with E-state index in [0.29, 0.717) is 12.8 Å². The van der Waals surface area contributed by atoms with E-state index in [-0.39, 0.29) is 11.4 Å². The van der Waals surface area contributed by atoms with Crippen molar-refractivity contribution in [2.24, 2.45) is 5.73 Å². The van der Waals surface area contributed by atoms with Crippen molar-refractivity contribution in [3.8, 4) is 0 Å².